The maximum atomic E-state index is 12.9. The first-order valence-electron chi connectivity index (χ1n) is 8.44. The van der Waals surface area contributed by atoms with E-state index in [1.165, 1.54) is 34.6 Å². The van der Waals surface area contributed by atoms with Crippen LogP contribution in [0.4, 0.5) is 5.69 Å². The van der Waals surface area contributed by atoms with Crippen LogP contribution < -0.4 is 10.1 Å². The Bertz CT molecular complexity index is 972. The largest absolute Gasteiger partial charge is 0.482 e. The highest BCUT2D eigenvalue weighted by Crippen LogP contribution is 2.31. The molecule has 0 atom stereocenters. The van der Waals surface area contributed by atoms with Gasteiger partial charge < -0.3 is 10.1 Å². The molecule has 2 aromatic carbocycles. The van der Waals surface area contributed by atoms with E-state index in [1.54, 1.807) is 6.07 Å². The summed E-state index contributed by atoms with van der Waals surface area (Å²) in [6.45, 7) is 0.503. The Morgan fingerprint density at radius 1 is 1.00 bits per heavy atom. The van der Waals surface area contributed by atoms with Gasteiger partial charge in [0.1, 0.15) is 10.6 Å². The second kappa shape index (κ2) is 8.88. The molecular weight excluding hydrogens is 447 g/mol. The molecule has 150 valence electrons. The SMILES string of the molecule is O=C(COc1ccc(Cl)cc1S(=O)(=O)N1CCCC1)Nc1cc(Cl)cc(Cl)c1. The van der Waals surface area contributed by atoms with E-state index in [2.05, 4.69) is 5.32 Å². The van der Waals surface area contributed by atoms with Crippen molar-refractivity contribution in [2.24, 2.45) is 0 Å². The molecule has 0 bridgehead atoms. The summed E-state index contributed by atoms with van der Waals surface area (Å²) in [7, 11) is -3.75. The Balaban J connectivity index is 1.74. The predicted octanol–water partition coefficient (Wildman–Crippen LogP) is 4.45. The molecule has 0 unspecified atom stereocenters. The van der Waals surface area contributed by atoms with E-state index in [1.807, 2.05) is 0 Å². The average molecular weight is 464 g/mol. The number of anilines is 1. The molecule has 3 rings (SSSR count). The number of ether oxygens (including phenoxy) is 1. The van der Waals surface area contributed by atoms with Crippen molar-refractivity contribution in [3.05, 3.63) is 51.5 Å². The molecule has 0 aromatic heterocycles. The van der Waals surface area contributed by atoms with Gasteiger partial charge in [-0.1, -0.05) is 34.8 Å². The highest BCUT2D eigenvalue weighted by Gasteiger charge is 2.30. The molecule has 1 aliphatic rings. The van der Waals surface area contributed by atoms with Gasteiger partial charge >= 0.3 is 0 Å². The fraction of sp³-hybridized carbons (Fsp3) is 0.278. The highest BCUT2D eigenvalue weighted by atomic mass is 35.5. The molecule has 6 nitrogen and oxygen atoms in total. The van der Waals surface area contributed by atoms with Gasteiger partial charge in [-0.15, -0.1) is 0 Å². The maximum absolute atomic E-state index is 12.9. The Morgan fingerprint density at radius 2 is 1.64 bits per heavy atom. The van der Waals surface area contributed by atoms with Crippen LogP contribution in [-0.2, 0) is 14.8 Å². The number of sulfonamides is 1. The van der Waals surface area contributed by atoms with Crippen molar-refractivity contribution >= 4 is 56.4 Å². The molecule has 1 aliphatic heterocycles. The van der Waals surface area contributed by atoms with Gasteiger partial charge in [-0.25, -0.2) is 8.42 Å². The van der Waals surface area contributed by atoms with Crippen LogP contribution in [0.1, 0.15) is 12.8 Å². The lowest BCUT2D eigenvalue weighted by atomic mass is 10.3. The number of carbonyl (C=O) groups excluding carboxylic acids is 1. The molecule has 0 spiro atoms. The average Bonchev–Trinajstić information content (AvgIpc) is 3.15. The van der Waals surface area contributed by atoms with E-state index in [-0.39, 0.29) is 15.7 Å². The summed E-state index contributed by atoms with van der Waals surface area (Å²) in [5.74, 6) is -0.423. The number of carbonyl (C=O) groups is 1. The smallest absolute Gasteiger partial charge is 0.262 e. The summed E-state index contributed by atoms with van der Waals surface area (Å²) in [5.41, 5.74) is 0.409. The van der Waals surface area contributed by atoms with Gasteiger partial charge in [-0.3, -0.25) is 4.79 Å². The second-order valence-corrected chi connectivity index (χ2v) is 9.41. The lowest BCUT2D eigenvalue weighted by Gasteiger charge is -2.18. The highest BCUT2D eigenvalue weighted by molar-refractivity contribution is 7.89. The van der Waals surface area contributed by atoms with Crippen LogP contribution in [0.15, 0.2) is 41.3 Å². The molecule has 1 heterocycles. The van der Waals surface area contributed by atoms with Gasteiger partial charge in [0.15, 0.2) is 6.61 Å². The van der Waals surface area contributed by atoms with Gasteiger partial charge in [0.25, 0.3) is 5.91 Å². The number of rotatable bonds is 6. The molecule has 10 heteroatoms. The molecule has 1 fully saturated rings. The van der Waals surface area contributed by atoms with Gasteiger partial charge in [0, 0.05) is 33.8 Å². The zero-order chi connectivity index (χ0) is 20.3. The third-order valence-electron chi connectivity index (χ3n) is 4.09. The first kappa shape index (κ1) is 21.2. The maximum Gasteiger partial charge on any atom is 0.262 e. The summed E-state index contributed by atoms with van der Waals surface area (Å²) >= 11 is 17.8. The fourth-order valence-corrected chi connectivity index (χ4v) is 5.27. The summed E-state index contributed by atoms with van der Waals surface area (Å²) in [5, 5.41) is 3.62. The van der Waals surface area contributed by atoms with Crippen molar-refractivity contribution in [2.45, 2.75) is 17.7 Å². The lowest BCUT2D eigenvalue weighted by molar-refractivity contribution is -0.118. The Kier molecular flexibility index (Phi) is 6.73. The monoisotopic (exact) mass is 462 g/mol. The fourth-order valence-electron chi connectivity index (χ4n) is 2.84. The van der Waals surface area contributed by atoms with E-state index < -0.39 is 22.5 Å². The molecule has 0 saturated carbocycles. The van der Waals surface area contributed by atoms with E-state index >= 15 is 0 Å². The van der Waals surface area contributed by atoms with Crippen LogP contribution in [0.5, 0.6) is 5.75 Å². The number of benzene rings is 2. The third kappa shape index (κ3) is 5.10. The van der Waals surface area contributed by atoms with Crippen molar-refractivity contribution in [1.82, 2.24) is 4.31 Å². The van der Waals surface area contributed by atoms with E-state index in [0.717, 1.165) is 12.8 Å². The second-order valence-electron chi connectivity index (χ2n) is 6.20. The number of nitrogens with zero attached hydrogens (tertiary/aromatic N) is 1. The Hall–Kier alpha value is -1.51. The van der Waals surface area contributed by atoms with Crippen molar-refractivity contribution in [3.8, 4) is 5.75 Å². The normalized spacial score (nSPS) is 14.8. The number of halogens is 3. The Labute approximate surface area is 178 Å². The zero-order valence-electron chi connectivity index (χ0n) is 14.6. The number of hydrogen-bond donors (Lipinski definition) is 1. The lowest BCUT2D eigenvalue weighted by Crippen LogP contribution is -2.28. The molecule has 0 radical (unpaired) electrons. The summed E-state index contributed by atoms with van der Waals surface area (Å²) in [4.78, 5) is 12.1. The van der Waals surface area contributed by atoms with Gasteiger partial charge in [0.05, 0.1) is 0 Å². The topological polar surface area (TPSA) is 75.7 Å². The first-order chi connectivity index (χ1) is 13.3. The number of nitrogens with one attached hydrogen (secondary N) is 1. The molecule has 2 aromatic rings. The van der Waals surface area contributed by atoms with Crippen molar-refractivity contribution < 1.29 is 17.9 Å². The molecule has 28 heavy (non-hydrogen) atoms. The molecule has 0 aliphatic carbocycles. The van der Waals surface area contributed by atoms with Crippen molar-refractivity contribution in [3.63, 3.8) is 0 Å². The standard InChI is InChI=1S/C18H17Cl3N2O4S/c19-12-3-4-16(17(10-12)28(25,26)23-5-1-2-6-23)27-11-18(24)22-15-8-13(20)7-14(21)9-15/h3-4,7-10H,1-2,5-6,11H2,(H,22,24). The van der Waals surface area contributed by atoms with Crippen LogP contribution in [-0.4, -0.2) is 38.3 Å². The number of amides is 1. The van der Waals surface area contributed by atoms with Gasteiger partial charge in [-0.05, 0) is 49.2 Å². The zero-order valence-corrected chi connectivity index (χ0v) is 17.7. The van der Waals surface area contributed by atoms with Gasteiger partial charge in [-0.2, -0.15) is 4.31 Å². The van der Waals surface area contributed by atoms with E-state index in [4.69, 9.17) is 39.5 Å². The predicted molar refractivity (Wildman–Crippen MR) is 110 cm³/mol. The minimum atomic E-state index is -3.75. The van der Waals surface area contributed by atoms with E-state index in [9.17, 15) is 13.2 Å². The van der Waals surface area contributed by atoms with Crippen molar-refractivity contribution in [1.29, 1.82) is 0 Å². The summed E-state index contributed by atoms with van der Waals surface area (Å²) in [6, 6.07) is 8.90. The van der Waals surface area contributed by atoms with Crippen LogP contribution in [0.25, 0.3) is 0 Å². The molecule has 1 saturated heterocycles. The quantitative estimate of drug-likeness (QED) is 0.687. The van der Waals surface area contributed by atoms with Crippen LogP contribution in [0.2, 0.25) is 15.1 Å². The van der Waals surface area contributed by atoms with Gasteiger partial charge in [0.2, 0.25) is 10.0 Å². The minimum absolute atomic E-state index is 0.0551. The summed E-state index contributed by atoms with van der Waals surface area (Å²) < 4.78 is 32.6. The molecule has 1 N–H and O–H groups in total. The van der Waals surface area contributed by atoms with Crippen LogP contribution in [0.3, 0.4) is 0 Å². The first-order valence-corrected chi connectivity index (χ1v) is 11.0. The molecular formula is C18H17Cl3N2O4S. The minimum Gasteiger partial charge on any atom is -0.482 e. The number of hydrogen-bond acceptors (Lipinski definition) is 4. The summed E-state index contributed by atoms with van der Waals surface area (Å²) in [6.07, 6.45) is 1.61. The Morgan fingerprint density at radius 3 is 2.29 bits per heavy atom. The third-order valence-corrected chi connectivity index (χ3v) is 6.69. The van der Waals surface area contributed by atoms with E-state index in [0.29, 0.717) is 28.8 Å². The van der Waals surface area contributed by atoms with Crippen molar-refractivity contribution in [2.75, 3.05) is 25.0 Å². The molecule has 1 amide bonds. The van der Waals surface area contributed by atoms with Crippen LogP contribution >= 0.6 is 34.8 Å². The van der Waals surface area contributed by atoms with Crippen LogP contribution in [0, 0.1) is 0 Å².